The maximum atomic E-state index is 13.1. The number of likely N-dealkylation sites (tertiary alicyclic amines) is 1. The molecule has 0 radical (unpaired) electrons. The van der Waals surface area contributed by atoms with Crippen LogP contribution in [0.4, 0.5) is 9.18 Å². The quantitative estimate of drug-likeness (QED) is 0.370. The summed E-state index contributed by atoms with van der Waals surface area (Å²) in [5, 5.41) is 11.2. The summed E-state index contributed by atoms with van der Waals surface area (Å²) in [4.78, 5) is 21.3. The highest BCUT2D eigenvalue weighted by molar-refractivity contribution is 7.89. The number of carbonyl (C=O) groups is 1. The van der Waals surface area contributed by atoms with Crippen molar-refractivity contribution in [2.75, 3.05) is 6.54 Å². The van der Waals surface area contributed by atoms with Gasteiger partial charge >= 0.3 is 6.09 Å². The first-order chi connectivity index (χ1) is 17.3. The summed E-state index contributed by atoms with van der Waals surface area (Å²) < 4.78 is 41.9. The van der Waals surface area contributed by atoms with Gasteiger partial charge in [-0.25, -0.2) is 22.9 Å². The molecule has 1 fully saturated rings. The Hall–Kier alpha value is -3.89. The molecule has 2 N–H and O–H groups in total. The molecule has 2 aromatic heterocycles. The minimum absolute atomic E-state index is 0.0358. The number of amides is 1. The molecule has 0 spiro atoms. The minimum atomic E-state index is -3.87. The molecular weight excluding hydrogens is 483 g/mol. The lowest BCUT2D eigenvalue weighted by molar-refractivity contribution is 0.122. The number of nitrogens with one attached hydrogen (secondary N) is 1. The summed E-state index contributed by atoms with van der Waals surface area (Å²) in [6, 6.07) is 16.0. The fourth-order valence-corrected chi connectivity index (χ4v) is 6.06. The number of rotatable bonds is 6. The van der Waals surface area contributed by atoms with Crippen molar-refractivity contribution in [3.05, 3.63) is 90.8 Å². The molecule has 2 aromatic carbocycles. The highest BCUT2D eigenvalue weighted by Crippen LogP contribution is 2.37. The number of aromatic nitrogens is 2. The zero-order chi connectivity index (χ0) is 25.3. The molecule has 36 heavy (non-hydrogen) atoms. The Morgan fingerprint density at radius 1 is 1.03 bits per heavy atom. The molecule has 3 heterocycles. The van der Waals surface area contributed by atoms with Crippen LogP contribution in [-0.4, -0.2) is 47.1 Å². The first-order valence-corrected chi connectivity index (χ1v) is 12.9. The van der Waals surface area contributed by atoms with Crippen LogP contribution < -0.4 is 4.72 Å². The van der Waals surface area contributed by atoms with E-state index < -0.39 is 34.1 Å². The van der Waals surface area contributed by atoms with Crippen molar-refractivity contribution in [3.8, 4) is 11.1 Å². The van der Waals surface area contributed by atoms with Crippen molar-refractivity contribution in [1.29, 1.82) is 0 Å². The topological polar surface area (TPSA) is 112 Å². The van der Waals surface area contributed by atoms with Gasteiger partial charge in [-0.15, -0.1) is 0 Å². The largest absolute Gasteiger partial charge is 0.465 e. The van der Waals surface area contributed by atoms with E-state index in [0.717, 1.165) is 16.7 Å². The first kappa shape index (κ1) is 23.8. The molecule has 1 aliphatic heterocycles. The van der Waals surface area contributed by atoms with Crippen LogP contribution in [0.3, 0.4) is 0 Å². The molecule has 4 aromatic rings. The number of benzene rings is 2. The van der Waals surface area contributed by atoms with Crippen LogP contribution in [-0.2, 0) is 10.0 Å². The van der Waals surface area contributed by atoms with E-state index in [0.29, 0.717) is 23.6 Å². The van der Waals surface area contributed by atoms with Gasteiger partial charge in [-0.2, -0.15) is 4.39 Å². The molecule has 1 amide bonds. The van der Waals surface area contributed by atoms with E-state index in [4.69, 9.17) is 0 Å². The van der Waals surface area contributed by atoms with Crippen LogP contribution >= 0.6 is 0 Å². The number of fused-ring (bicyclic) bond motifs is 1. The number of hydrogen-bond acceptors (Lipinski definition) is 5. The van der Waals surface area contributed by atoms with Crippen molar-refractivity contribution in [2.45, 2.75) is 29.8 Å². The lowest BCUT2D eigenvalue weighted by Gasteiger charge is -2.28. The van der Waals surface area contributed by atoms with Crippen LogP contribution in [0, 0.1) is 5.95 Å². The van der Waals surface area contributed by atoms with Gasteiger partial charge in [-0.05, 0) is 48.2 Å². The molecular formula is C26H23FN4O4S. The summed E-state index contributed by atoms with van der Waals surface area (Å²) >= 11 is 0. The van der Waals surface area contributed by atoms with E-state index in [9.17, 15) is 22.7 Å². The summed E-state index contributed by atoms with van der Waals surface area (Å²) in [5.74, 6) is -0.558. The fraction of sp³-hybridized carbons (Fsp3) is 0.192. The predicted molar refractivity (Wildman–Crippen MR) is 132 cm³/mol. The molecule has 0 aliphatic carbocycles. The monoisotopic (exact) mass is 506 g/mol. The van der Waals surface area contributed by atoms with Gasteiger partial charge in [0.2, 0.25) is 16.0 Å². The van der Waals surface area contributed by atoms with Crippen LogP contribution in [0.2, 0.25) is 0 Å². The van der Waals surface area contributed by atoms with E-state index in [2.05, 4.69) is 14.7 Å². The standard InChI is InChI=1S/C26H23FN4O4S/c27-25-11-8-19(15-29-25)17-4-6-18(7-5-17)23-10-9-21(31(23)26(32)33)16-30-36(34,35)24-3-1-2-20-14-28-13-12-22(20)24/h1-8,11-15,21,23,30H,9-10,16H2,(H,32,33). The molecule has 0 saturated carbocycles. The van der Waals surface area contributed by atoms with Gasteiger partial charge in [0.25, 0.3) is 0 Å². The van der Waals surface area contributed by atoms with Gasteiger partial charge in [-0.1, -0.05) is 36.4 Å². The first-order valence-electron chi connectivity index (χ1n) is 11.4. The predicted octanol–water partition coefficient (Wildman–Crippen LogP) is 4.60. The van der Waals surface area contributed by atoms with Crippen molar-refractivity contribution in [1.82, 2.24) is 19.6 Å². The maximum Gasteiger partial charge on any atom is 0.408 e. The highest BCUT2D eigenvalue weighted by Gasteiger charge is 2.38. The average Bonchev–Trinajstić information content (AvgIpc) is 3.32. The zero-order valence-corrected chi connectivity index (χ0v) is 19.9. The summed E-state index contributed by atoms with van der Waals surface area (Å²) in [5.41, 5.74) is 2.39. The van der Waals surface area contributed by atoms with Crippen LogP contribution in [0.1, 0.15) is 24.4 Å². The molecule has 5 rings (SSSR count). The summed E-state index contributed by atoms with van der Waals surface area (Å²) in [7, 11) is -3.87. The highest BCUT2D eigenvalue weighted by atomic mass is 32.2. The van der Waals surface area contributed by atoms with Crippen LogP contribution in [0.15, 0.2) is 84.1 Å². The Labute approximate surface area is 207 Å². The smallest absolute Gasteiger partial charge is 0.408 e. The van der Waals surface area contributed by atoms with Gasteiger partial charge in [-0.3, -0.25) is 9.88 Å². The number of halogens is 1. The van der Waals surface area contributed by atoms with Crippen molar-refractivity contribution < 1.29 is 22.7 Å². The van der Waals surface area contributed by atoms with Gasteiger partial charge in [0.15, 0.2) is 0 Å². The minimum Gasteiger partial charge on any atom is -0.465 e. The number of carboxylic acid groups (broad SMARTS) is 1. The SMILES string of the molecule is O=C(O)N1C(CNS(=O)(=O)c2cccc3cnccc23)CCC1c1ccc(-c2ccc(F)nc2)cc1. The Kier molecular flexibility index (Phi) is 6.38. The van der Waals surface area contributed by atoms with Gasteiger partial charge in [0, 0.05) is 47.5 Å². The van der Waals surface area contributed by atoms with Crippen molar-refractivity contribution in [2.24, 2.45) is 0 Å². The number of sulfonamides is 1. The Morgan fingerprint density at radius 3 is 2.53 bits per heavy atom. The number of pyridine rings is 2. The third-order valence-corrected chi connectivity index (χ3v) is 8.00. The van der Waals surface area contributed by atoms with E-state index in [1.54, 1.807) is 30.5 Å². The van der Waals surface area contributed by atoms with E-state index >= 15 is 0 Å². The Balaban J connectivity index is 1.33. The van der Waals surface area contributed by atoms with E-state index in [-0.39, 0.29) is 11.4 Å². The normalized spacial score (nSPS) is 18.0. The molecule has 2 atom stereocenters. The molecule has 8 nitrogen and oxygen atoms in total. The van der Waals surface area contributed by atoms with Crippen molar-refractivity contribution in [3.63, 3.8) is 0 Å². The van der Waals surface area contributed by atoms with E-state index in [1.807, 2.05) is 24.3 Å². The van der Waals surface area contributed by atoms with Gasteiger partial charge in [0.1, 0.15) is 0 Å². The number of nitrogens with zero attached hydrogens (tertiary/aromatic N) is 3. The van der Waals surface area contributed by atoms with E-state index in [1.165, 1.54) is 29.4 Å². The summed E-state index contributed by atoms with van der Waals surface area (Å²) in [6.07, 6.45) is 4.55. The molecule has 2 unspecified atom stereocenters. The van der Waals surface area contributed by atoms with Gasteiger partial charge in [0.05, 0.1) is 10.9 Å². The van der Waals surface area contributed by atoms with Gasteiger partial charge < -0.3 is 5.11 Å². The lowest BCUT2D eigenvalue weighted by Crippen LogP contribution is -2.43. The molecule has 10 heteroatoms. The fourth-order valence-electron chi connectivity index (χ4n) is 4.76. The molecule has 0 bridgehead atoms. The zero-order valence-electron chi connectivity index (χ0n) is 19.1. The second kappa shape index (κ2) is 9.63. The number of hydrogen-bond donors (Lipinski definition) is 2. The lowest BCUT2D eigenvalue weighted by atomic mass is 10.0. The molecule has 184 valence electrons. The maximum absolute atomic E-state index is 13.1. The molecule has 1 saturated heterocycles. The van der Waals surface area contributed by atoms with Crippen LogP contribution in [0.5, 0.6) is 0 Å². The third-order valence-electron chi connectivity index (χ3n) is 6.52. The average molecular weight is 507 g/mol. The molecule has 1 aliphatic rings. The Bertz CT molecular complexity index is 1510. The third kappa shape index (κ3) is 4.65. The second-order valence-corrected chi connectivity index (χ2v) is 10.4. The van der Waals surface area contributed by atoms with Crippen LogP contribution in [0.25, 0.3) is 21.9 Å². The van der Waals surface area contributed by atoms with Crippen molar-refractivity contribution >= 4 is 26.9 Å². The Morgan fingerprint density at radius 2 is 1.81 bits per heavy atom. The second-order valence-electron chi connectivity index (χ2n) is 8.63. The summed E-state index contributed by atoms with van der Waals surface area (Å²) in [6.45, 7) is -0.0358.